The number of carbonyl (C=O) groups excluding carboxylic acids is 1. The van der Waals surface area contributed by atoms with Crippen LogP contribution in [0.1, 0.15) is 16.8 Å². The first-order valence-corrected chi connectivity index (χ1v) is 11.4. The molecule has 0 radical (unpaired) electrons. The lowest BCUT2D eigenvalue weighted by molar-refractivity contribution is -0.136. The van der Waals surface area contributed by atoms with Gasteiger partial charge in [0, 0.05) is 28.3 Å². The summed E-state index contributed by atoms with van der Waals surface area (Å²) in [6.45, 7) is 0. The van der Waals surface area contributed by atoms with Crippen molar-refractivity contribution in [2.45, 2.75) is 11.6 Å². The number of anilines is 1. The van der Waals surface area contributed by atoms with Crippen LogP contribution in [0.5, 0.6) is 5.75 Å². The molecule has 4 rings (SSSR count). The van der Waals surface area contributed by atoms with Crippen molar-refractivity contribution in [1.82, 2.24) is 14.8 Å². The molecule has 0 aliphatic carbocycles. The molecule has 0 saturated heterocycles. The number of amides is 1. The number of carboxylic acids is 1. The highest BCUT2D eigenvalue weighted by molar-refractivity contribution is 7.99. The van der Waals surface area contributed by atoms with Crippen LogP contribution in [0.15, 0.2) is 84.0 Å². The third-order valence-corrected chi connectivity index (χ3v) is 5.88. The summed E-state index contributed by atoms with van der Waals surface area (Å²) < 4.78 is 7.13. The zero-order chi connectivity index (χ0) is 23.9. The van der Waals surface area contributed by atoms with Crippen LogP contribution in [-0.4, -0.2) is 44.6 Å². The Labute approximate surface area is 200 Å². The van der Waals surface area contributed by atoms with Crippen LogP contribution < -0.4 is 10.1 Å². The van der Waals surface area contributed by atoms with Gasteiger partial charge in [0.1, 0.15) is 5.75 Å². The second kappa shape index (κ2) is 10.7. The van der Waals surface area contributed by atoms with Crippen LogP contribution in [0, 0.1) is 0 Å². The molecule has 34 heavy (non-hydrogen) atoms. The maximum atomic E-state index is 12.4. The molecule has 0 unspecified atom stereocenters. The molecule has 9 heteroatoms. The summed E-state index contributed by atoms with van der Waals surface area (Å²) in [5.41, 5.74) is 2.85. The van der Waals surface area contributed by atoms with Gasteiger partial charge in [0.25, 0.3) is 5.91 Å². The van der Waals surface area contributed by atoms with Gasteiger partial charge in [-0.1, -0.05) is 30.0 Å². The molecule has 4 aromatic rings. The van der Waals surface area contributed by atoms with Gasteiger partial charge >= 0.3 is 5.97 Å². The Kier molecular flexibility index (Phi) is 7.24. The Balaban J connectivity index is 1.61. The van der Waals surface area contributed by atoms with E-state index in [1.807, 2.05) is 59.2 Å². The van der Waals surface area contributed by atoms with E-state index in [1.54, 1.807) is 31.4 Å². The fourth-order valence-corrected chi connectivity index (χ4v) is 4.12. The summed E-state index contributed by atoms with van der Waals surface area (Å²) in [6.07, 6.45) is 0.0191. The Morgan fingerprint density at radius 3 is 2.32 bits per heavy atom. The van der Waals surface area contributed by atoms with Crippen LogP contribution in [0.25, 0.3) is 17.1 Å². The maximum Gasteiger partial charge on any atom is 0.304 e. The number of nitrogens with zero attached hydrogens (tertiary/aromatic N) is 3. The van der Waals surface area contributed by atoms with Crippen molar-refractivity contribution in [2.75, 3.05) is 18.2 Å². The van der Waals surface area contributed by atoms with Crippen LogP contribution in [0.3, 0.4) is 0 Å². The smallest absolute Gasteiger partial charge is 0.304 e. The molecule has 172 valence electrons. The van der Waals surface area contributed by atoms with Gasteiger partial charge in [-0.25, -0.2) is 0 Å². The topological polar surface area (TPSA) is 106 Å². The van der Waals surface area contributed by atoms with E-state index in [0.29, 0.717) is 28.0 Å². The molecule has 1 amide bonds. The number of aromatic nitrogens is 3. The monoisotopic (exact) mass is 474 g/mol. The highest BCUT2D eigenvalue weighted by Gasteiger charge is 2.17. The minimum atomic E-state index is -0.864. The second-order valence-corrected chi connectivity index (χ2v) is 8.29. The van der Waals surface area contributed by atoms with Crippen LogP contribution in [0.4, 0.5) is 5.69 Å². The first-order valence-electron chi connectivity index (χ1n) is 10.5. The van der Waals surface area contributed by atoms with Gasteiger partial charge < -0.3 is 15.2 Å². The number of thioether (sulfide) groups is 1. The minimum absolute atomic E-state index is 0.0191. The van der Waals surface area contributed by atoms with Gasteiger partial charge in [-0.05, 0) is 60.7 Å². The Hall–Kier alpha value is -4.11. The van der Waals surface area contributed by atoms with Gasteiger partial charge in [-0.2, -0.15) is 0 Å². The number of aliphatic carboxylic acids is 1. The predicted molar refractivity (Wildman–Crippen MR) is 131 cm³/mol. The number of carboxylic acid groups (broad SMARTS) is 1. The number of hydrogen-bond acceptors (Lipinski definition) is 6. The third-order valence-electron chi connectivity index (χ3n) is 4.95. The fourth-order valence-electron chi connectivity index (χ4n) is 3.24. The van der Waals surface area contributed by atoms with Gasteiger partial charge in [0.05, 0.1) is 13.5 Å². The number of benzene rings is 3. The van der Waals surface area contributed by atoms with E-state index < -0.39 is 5.97 Å². The minimum Gasteiger partial charge on any atom is -0.497 e. The summed E-state index contributed by atoms with van der Waals surface area (Å²) in [5.74, 6) is 0.637. The third kappa shape index (κ3) is 5.44. The number of rotatable bonds is 9. The molecule has 8 nitrogen and oxygen atoms in total. The summed E-state index contributed by atoms with van der Waals surface area (Å²) in [6, 6.07) is 23.8. The van der Waals surface area contributed by atoms with E-state index in [2.05, 4.69) is 15.5 Å². The summed E-state index contributed by atoms with van der Waals surface area (Å²) in [5, 5.41) is 21.1. The zero-order valence-electron chi connectivity index (χ0n) is 18.3. The van der Waals surface area contributed by atoms with Gasteiger partial charge in [0.2, 0.25) is 0 Å². The van der Waals surface area contributed by atoms with E-state index in [1.165, 1.54) is 11.8 Å². The van der Waals surface area contributed by atoms with E-state index in [0.717, 1.165) is 17.0 Å². The van der Waals surface area contributed by atoms with Crippen molar-refractivity contribution in [1.29, 1.82) is 0 Å². The Morgan fingerprint density at radius 2 is 1.68 bits per heavy atom. The number of ether oxygens (including phenoxy) is 1. The molecule has 0 bridgehead atoms. The average molecular weight is 475 g/mol. The SMILES string of the molecule is COc1ccc(-n2c(SCCC(=O)O)nnc2-c2ccc(NC(=O)c3ccccc3)cc2)cc1. The molecular formula is C25H22N4O4S. The first kappa shape index (κ1) is 23.1. The van der Waals surface area contributed by atoms with Crippen LogP contribution in [-0.2, 0) is 4.79 Å². The normalized spacial score (nSPS) is 10.6. The van der Waals surface area contributed by atoms with Crippen LogP contribution >= 0.6 is 11.8 Å². The first-order chi connectivity index (χ1) is 16.5. The van der Waals surface area contributed by atoms with Crippen molar-refractivity contribution in [3.8, 4) is 22.8 Å². The molecule has 0 saturated carbocycles. The molecule has 2 N–H and O–H groups in total. The molecule has 1 heterocycles. The molecule has 0 atom stereocenters. The molecule has 0 aliphatic heterocycles. The van der Waals surface area contributed by atoms with Crippen LogP contribution in [0.2, 0.25) is 0 Å². The average Bonchev–Trinajstić information content (AvgIpc) is 3.28. The molecule has 3 aromatic carbocycles. The van der Waals surface area contributed by atoms with Gasteiger partial charge in [0.15, 0.2) is 11.0 Å². The van der Waals surface area contributed by atoms with E-state index in [9.17, 15) is 9.59 Å². The molecule has 1 aromatic heterocycles. The standard InChI is InChI=1S/C25H22N4O4S/c1-33-21-13-11-20(12-14-21)29-23(27-28-25(29)34-16-15-22(30)31)17-7-9-19(10-8-17)26-24(32)18-5-3-2-4-6-18/h2-14H,15-16H2,1H3,(H,26,32)(H,30,31). The number of hydrogen-bond donors (Lipinski definition) is 2. The van der Waals surface area contributed by atoms with Gasteiger partial charge in [-0.3, -0.25) is 14.2 Å². The van der Waals surface area contributed by atoms with Crippen molar-refractivity contribution >= 4 is 29.3 Å². The Bertz CT molecular complexity index is 1270. The second-order valence-electron chi connectivity index (χ2n) is 7.23. The van der Waals surface area contributed by atoms with E-state index in [4.69, 9.17) is 9.84 Å². The number of carbonyl (C=O) groups is 2. The summed E-state index contributed by atoms with van der Waals surface area (Å²) in [7, 11) is 1.60. The number of nitrogens with one attached hydrogen (secondary N) is 1. The lowest BCUT2D eigenvalue weighted by Crippen LogP contribution is -2.11. The van der Waals surface area contributed by atoms with Gasteiger partial charge in [-0.15, -0.1) is 10.2 Å². The maximum absolute atomic E-state index is 12.4. The molecule has 0 fully saturated rings. The predicted octanol–water partition coefficient (Wildman–Crippen LogP) is 4.76. The molecule has 0 aliphatic rings. The van der Waals surface area contributed by atoms with E-state index in [-0.39, 0.29) is 12.3 Å². The zero-order valence-corrected chi connectivity index (χ0v) is 19.2. The summed E-state index contributed by atoms with van der Waals surface area (Å²) >= 11 is 1.33. The Morgan fingerprint density at radius 1 is 0.971 bits per heavy atom. The molecule has 0 spiro atoms. The summed E-state index contributed by atoms with van der Waals surface area (Å²) in [4.78, 5) is 23.4. The van der Waals surface area contributed by atoms with E-state index >= 15 is 0 Å². The van der Waals surface area contributed by atoms with Crippen molar-refractivity contribution in [3.63, 3.8) is 0 Å². The van der Waals surface area contributed by atoms with Crippen molar-refractivity contribution in [3.05, 3.63) is 84.4 Å². The van der Waals surface area contributed by atoms with Crippen molar-refractivity contribution < 1.29 is 19.4 Å². The largest absolute Gasteiger partial charge is 0.497 e. The lowest BCUT2D eigenvalue weighted by Gasteiger charge is -2.11. The molecular weight excluding hydrogens is 452 g/mol. The highest BCUT2D eigenvalue weighted by atomic mass is 32.2. The fraction of sp³-hybridized carbons (Fsp3) is 0.120. The number of methoxy groups -OCH3 is 1. The quantitative estimate of drug-likeness (QED) is 0.337. The highest BCUT2D eigenvalue weighted by Crippen LogP contribution is 2.30. The lowest BCUT2D eigenvalue weighted by atomic mass is 10.1. The van der Waals surface area contributed by atoms with Crippen molar-refractivity contribution in [2.24, 2.45) is 0 Å².